The van der Waals surface area contributed by atoms with Crippen molar-refractivity contribution in [3.63, 3.8) is 0 Å². The quantitative estimate of drug-likeness (QED) is 0.260. The molecule has 0 bridgehead atoms. The second-order valence-corrected chi connectivity index (χ2v) is 7.98. The first-order valence-corrected chi connectivity index (χ1v) is 10.3. The predicted molar refractivity (Wildman–Crippen MR) is 124 cm³/mol. The van der Waals surface area contributed by atoms with Gasteiger partial charge in [0, 0.05) is 27.1 Å². The van der Waals surface area contributed by atoms with Crippen LogP contribution in [-0.2, 0) is 0 Å². The molecule has 2 nitrogen and oxygen atoms in total. The summed E-state index contributed by atoms with van der Waals surface area (Å²) in [4.78, 5) is 4.97. The van der Waals surface area contributed by atoms with Crippen molar-refractivity contribution >= 4 is 28.2 Å². The Labute approximate surface area is 177 Å². The Balaban J connectivity index is 1.76. The van der Waals surface area contributed by atoms with Crippen molar-refractivity contribution in [2.24, 2.45) is 0 Å². The van der Waals surface area contributed by atoms with Crippen LogP contribution in [0.25, 0.3) is 39.2 Å². The van der Waals surface area contributed by atoms with E-state index < -0.39 is 0 Å². The number of rotatable bonds is 3. The number of aromatic nitrogens is 2. The van der Waals surface area contributed by atoms with Gasteiger partial charge in [-0.3, -0.25) is 0 Å². The lowest BCUT2D eigenvalue weighted by molar-refractivity contribution is 1.19. The van der Waals surface area contributed by atoms with E-state index in [1.54, 1.807) is 0 Å². The fraction of sp³-hybridized carbons (Fsp3) is 0. The van der Waals surface area contributed by atoms with Crippen LogP contribution in [0.5, 0.6) is 0 Å². The van der Waals surface area contributed by atoms with E-state index in [1.807, 2.05) is 12.1 Å². The number of halogens is 1. The molecule has 0 radical (unpaired) electrons. The first kappa shape index (κ1) is 17.2. The molecular weight excluding hydrogens is 455 g/mol. The number of pyridine rings is 1. The van der Waals surface area contributed by atoms with Gasteiger partial charge in [0.15, 0.2) is 0 Å². The van der Waals surface area contributed by atoms with Crippen molar-refractivity contribution in [1.29, 1.82) is 0 Å². The summed E-state index contributed by atoms with van der Waals surface area (Å²) in [7, 11) is 0. The van der Waals surface area contributed by atoms with Crippen molar-refractivity contribution in [3.05, 3.63) is 107 Å². The molecule has 0 saturated carbocycles. The third-order valence-corrected chi connectivity index (χ3v) is 5.60. The molecule has 0 atom stereocenters. The summed E-state index contributed by atoms with van der Waals surface area (Å²) >= 11 is 2.34. The molecule has 0 N–H and O–H groups in total. The lowest BCUT2D eigenvalue weighted by Gasteiger charge is -2.09. The molecule has 0 unspecified atom stereocenters. The van der Waals surface area contributed by atoms with Crippen LogP contribution < -0.4 is 0 Å². The standard InChI is InChI=1S/C25H17IN2/c26-22-13-11-18(12-14-22)21-15-23(19-7-3-1-4-8-19)25-27-24(17-28(25)16-21)20-9-5-2-6-10-20/h1-17H. The van der Waals surface area contributed by atoms with E-state index in [4.69, 9.17) is 4.98 Å². The van der Waals surface area contributed by atoms with Gasteiger partial charge >= 0.3 is 0 Å². The molecule has 0 aliphatic carbocycles. The van der Waals surface area contributed by atoms with E-state index in [2.05, 4.69) is 118 Å². The van der Waals surface area contributed by atoms with Crippen LogP contribution in [0.4, 0.5) is 0 Å². The molecule has 5 rings (SSSR count). The van der Waals surface area contributed by atoms with Gasteiger partial charge in [-0.15, -0.1) is 0 Å². The van der Waals surface area contributed by atoms with Crippen molar-refractivity contribution in [3.8, 4) is 33.5 Å². The summed E-state index contributed by atoms with van der Waals surface area (Å²) in [5.74, 6) is 0. The zero-order valence-corrected chi connectivity index (χ0v) is 17.2. The molecular formula is C25H17IN2. The number of hydrogen-bond acceptors (Lipinski definition) is 1. The maximum atomic E-state index is 4.97. The van der Waals surface area contributed by atoms with Gasteiger partial charge in [0.2, 0.25) is 0 Å². The number of fused-ring (bicyclic) bond motifs is 1. The first-order valence-electron chi connectivity index (χ1n) is 9.17. The smallest absolute Gasteiger partial charge is 0.145 e. The molecule has 0 aliphatic rings. The summed E-state index contributed by atoms with van der Waals surface area (Å²) in [6, 6.07) is 31.7. The Bertz CT molecular complexity index is 1240. The summed E-state index contributed by atoms with van der Waals surface area (Å²) in [6.07, 6.45) is 4.29. The van der Waals surface area contributed by atoms with Crippen LogP contribution in [0.2, 0.25) is 0 Å². The van der Waals surface area contributed by atoms with Crippen LogP contribution in [0, 0.1) is 3.57 Å². The minimum absolute atomic E-state index is 0.972. The maximum absolute atomic E-state index is 4.97. The second-order valence-electron chi connectivity index (χ2n) is 6.74. The largest absolute Gasteiger partial charge is 0.305 e. The highest BCUT2D eigenvalue weighted by molar-refractivity contribution is 14.1. The van der Waals surface area contributed by atoms with Gasteiger partial charge < -0.3 is 4.40 Å². The molecule has 28 heavy (non-hydrogen) atoms. The molecule has 3 heteroatoms. The van der Waals surface area contributed by atoms with Crippen molar-refractivity contribution in [2.45, 2.75) is 0 Å². The van der Waals surface area contributed by atoms with Crippen LogP contribution in [0.1, 0.15) is 0 Å². The molecule has 3 aromatic carbocycles. The minimum atomic E-state index is 0.972. The molecule has 0 fully saturated rings. The normalized spacial score (nSPS) is 11.0. The zero-order chi connectivity index (χ0) is 18.9. The van der Waals surface area contributed by atoms with Crippen molar-refractivity contribution in [2.75, 3.05) is 0 Å². The number of hydrogen-bond donors (Lipinski definition) is 0. The van der Waals surface area contributed by atoms with Gasteiger partial charge in [-0.05, 0) is 57.5 Å². The van der Waals surface area contributed by atoms with Gasteiger partial charge in [-0.2, -0.15) is 0 Å². The highest BCUT2D eigenvalue weighted by atomic mass is 127. The predicted octanol–water partition coefficient (Wildman–Crippen LogP) is 6.94. The third kappa shape index (κ3) is 3.22. The summed E-state index contributed by atoms with van der Waals surface area (Å²) in [6.45, 7) is 0. The molecule has 134 valence electrons. The fourth-order valence-electron chi connectivity index (χ4n) is 3.48. The summed E-state index contributed by atoms with van der Waals surface area (Å²) in [5.41, 5.74) is 7.77. The lowest BCUT2D eigenvalue weighted by Crippen LogP contribution is -1.91. The number of imidazole rings is 1. The Morgan fingerprint density at radius 3 is 1.93 bits per heavy atom. The van der Waals surface area contributed by atoms with Crippen LogP contribution in [0.3, 0.4) is 0 Å². The van der Waals surface area contributed by atoms with Gasteiger partial charge in [0.05, 0.1) is 5.69 Å². The molecule has 2 aromatic heterocycles. The van der Waals surface area contributed by atoms with Crippen LogP contribution >= 0.6 is 22.6 Å². The van der Waals surface area contributed by atoms with Gasteiger partial charge in [0.25, 0.3) is 0 Å². The van der Waals surface area contributed by atoms with E-state index in [0.29, 0.717) is 0 Å². The molecule has 2 heterocycles. The highest BCUT2D eigenvalue weighted by Gasteiger charge is 2.12. The minimum Gasteiger partial charge on any atom is -0.305 e. The van der Waals surface area contributed by atoms with E-state index in [-0.39, 0.29) is 0 Å². The van der Waals surface area contributed by atoms with E-state index >= 15 is 0 Å². The van der Waals surface area contributed by atoms with Crippen molar-refractivity contribution < 1.29 is 0 Å². The first-order chi connectivity index (χ1) is 13.8. The molecule has 5 aromatic rings. The zero-order valence-electron chi connectivity index (χ0n) is 15.1. The van der Waals surface area contributed by atoms with Crippen LogP contribution in [-0.4, -0.2) is 9.38 Å². The van der Waals surface area contributed by atoms with E-state index in [9.17, 15) is 0 Å². The molecule has 0 spiro atoms. The molecule has 0 aliphatic heterocycles. The van der Waals surface area contributed by atoms with Gasteiger partial charge in [-0.25, -0.2) is 4.98 Å². The van der Waals surface area contributed by atoms with Gasteiger partial charge in [-0.1, -0.05) is 72.8 Å². The van der Waals surface area contributed by atoms with E-state index in [1.165, 1.54) is 20.3 Å². The monoisotopic (exact) mass is 472 g/mol. The lowest BCUT2D eigenvalue weighted by atomic mass is 10.0. The third-order valence-electron chi connectivity index (χ3n) is 4.88. The Hall–Kier alpha value is -2.92. The Morgan fingerprint density at radius 1 is 0.607 bits per heavy atom. The maximum Gasteiger partial charge on any atom is 0.145 e. The summed E-state index contributed by atoms with van der Waals surface area (Å²) in [5, 5.41) is 0. The Kier molecular flexibility index (Phi) is 4.45. The topological polar surface area (TPSA) is 17.3 Å². The second kappa shape index (κ2) is 7.24. The SMILES string of the molecule is Ic1ccc(-c2cc(-c3ccccc3)c3nc(-c4ccccc4)cn3c2)cc1. The Morgan fingerprint density at radius 2 is 1.25 bits per heavy atom. The molecule has 0 saturated heterocycles. The number of benzene rings is 3. The van der Waals surface area contributed by atoms with Crippen LogP contribution in [0.15, 0.2) is 103 Å². The average molecular weight is 472 g/mol. The highest BCUT2D eigenvalue weighted by Crippen LogP contribution is 2.32. The van der Waals surface area contributed by atoms with Gasteiger partial charge in [0.1, 0.15) is 5.65 Å². The average Bonchev–Trinajstić information content (AvgIpc) is 3.19. The van der Waals surface area contributed by atoms with E-state index in [0.717, 1.165) is 22.5 Å². The van der Waals surface area contributed by atoms with Crippen molar-refractivity contribution in [1.82, 2.24) is 9.38 Å². The summed E-state index contributed by atoms with van der Waals surface area (Å²) < 4.78 is 3.39. The fourth-order valence-corrected chi connectivity index (χ4v) is 3.84. The molecule has 0 amide bonds. The number of nitrogens with zero attached hydrogens (tertiary/aromatic N) is 2.